The monoisotopic (exact) mass is 356 g/mol. The van der Waals surface area contributed by atoms with Crippen LogP contribution in [0.5, 0.6) is 0 Å². The fourth-order valence-electron chi connectivity index (χ4n) is 2.08. The van der Waals surface area contributed by atoms with Gasteiger partial charge in [0, 0.05) is 4.47 Å². The van der Waals surface area contributed by atoms with Crippen molar-refractivity contribution in [2.45, 2.75) is 13.0 Å². The van der Waals surface area contributed by atoms with Crippen LogP contribution in [0.15, 0.2) is 74.4 Å². The third-order valence-electron chi connectivity index (χ3n) is 3.21. The van der Waals surface area contributed by atoms with Crippen molar-refractivity contribution >= 4 is 38.9 Å². The number of halogens is 1. The van der Waals surface area contributed by atoms with E-state index in [9.17, 15) is 4.79 Å². The van der Waals surface area contributed by atoms with Crippen LogP contribution in [-0.4, -0.2) is 17.7 Å². The van der Waals surface area contributed by atoms with E-state index in [2.05, 4.69) is 31.3 Å². The summed E-state index contributed by atoms with van der Waals surface area (Å²) in [4.78, 5) is 12.4. The number of benzene rings is 2. The van der Waals surface area contributed by atoms with Crippen molar-refractivity contribution in [1.82, 2.24) is 0 Å². The zero-order chi connectivity index (χ0) is 15.5. The predicted molar refractivity (Wildman–Crippen MR) is 89.5 cm³/mol. The van der Waals surface area contributed by atoms with E-state index in [1.54, 1.807) is 6.92 Å². The van der Waals surface area contributed by atoms with Gasteiger partial charge in [-0.1, -0.05) is 34.1 Å². The zero-order valence-corrected chi connectivity index (χ0v) is 13.4. The minimum atomic E-state index is -0.663. The molecule has 0 N–H and O–H groups in total. The average molecular weight is 357 g/mol. The van der Waals surface area contributed by atoms with Gasteiger partial charge in [-0.2, -0.15) is 20.3 Å². The van der Waals surface area contributed by atoms with Crippen LogP contribution in [0.2, 0.25) is 0 Å². The lowest BCUT2D eigenvalue weighted by Gasteiger charge is -2.11. The van der Waals surface area contributed by atoms with Gasteiger partial charge in [-0.15, -0.1) is 0 Å². The highest BCUT2D eigenvalue weighted by Crippen LogP contribution is 2.23. The summed E-state index contributed by atoms with van der Waals surface area (Å²) in [6.45, 7) is 1.78. The molecule has 0 fully saturated rings. The van der Waals surface area contributed by atoms with Crippen molar-refractivity contribution in [3.63, 3.8) is 0 Å². The van der Waals surface area contributed by atoms with Gasteiger partial charge >= 0.3 is 0 Å². The van der Waals surface area contributed by atoms with Gasteiger partial charge in [0.1, 0.15) is 0 Å². The van der Waals surface area contributed by atoms with Crippen LogP contribution in [0.4, 0.5) is 11.4 Å². The first-order chi connectivity index (χ1) is 10.6. The van der Waals surface area contributed by atoms with Crippen LogP contribution in [0, 0.1) is 0 Å². The maximum atomic E-state index is 12.4. The lowest BCUT2D eigenvalue weighted by Crippen LogP contribution is -2.29. The van der Waals surface area contributed by atoms with Gasteiger partial charge in [-0.3, -0.25) is 4.79 Å². The van der Waals surface area contributed by atoms with Crippen LogP contribution in [0.3, 0.4) is 0 Å². The Hall–Kier alpha value is -2.34. The van der Waals surface area contributed by atoms with Crippen LogP contribution in [0.25, 0.3) is 0 Å². The second-order valence-corrected chi connectivity index (χ2v) is 5.74. The molecule has 0 saturated carbocycles. The topological polar surface area (TPSA) is 57.4 Å². The lowest BCUT2D eigenvalue weighted by atomic mass is 10.2. The van der Waals surface area contributed by atoms with Gasteiger partial charge in [0.05, 0.1) is 17.1 Å². The minimum Gasteiger partial charge on any atom is -0.269 e. The third kappa shape index (κ3) is 2.96. The van der Waals surface area contributed by atoms with E-state index < -0.39 is 6.04 Å². The van der Waals surface area contributed by atoms with Crippen molar-refractivity contribution in [1.29, 1.82) is 0 Å². The normalized spacial score (nSPS) is 18.1. The molecule has 0 aromatic heterocycles. The number of hydrogen-bond acceptors (Lipinski definition) is 4. The van der Waals surface area contributed by atoms with E-state index in [0.29, 0.717) is 11.4 Å². The molecule has 2 aromatic carbocycles. The number of anilines is 1. The number of rotatable bonds is 3. The van der Waals surface area contributed by atoms with Crippen molar-refractivity contribution < 1.29 is 4.79 Å². The number of carbonyl (C=O) groups is 1. The second-order valence-electron chi connectivity index (χ2n) is 4.82. The predicted octanol–water partition coefficient (Wildman–Crippen LogP) is 4.32. The fraction of sp³-hybridized carbons (Fsp3) is 0.125. The maximum absolute atomic E-state index is 12.4. The molecule has 0 aliphatic carbocycles. The van der Waals surface area contributed by atoms with Crippen molar-refractivity contribution in [2.24, 2.45) is 15.3 Å². The van der Waals surface area contributed by atoms with Crippen LogP contribution < -0.4 is 5.01 Å². The Kier molecular flexibility index (Phi) is 4.11. The van der Waals surface area contributed by atoms with Crippen LogP contribution in [-0.2, 0) is 4.79 Å². The summed E-state index contributed by atoms with van der Waals surface area (Å²) in [6, 6.07) is 16.0. The number of nitrogens with zero attached hydrogens (tertiary/aromatic N) is 4. The quantitative estimate of drug-likeness (QED) is 0.755. The zero-order valence-electron chi connectivity index (χ0n) is 11.8. The molecule has 1 heterocycles. The molecule has 1 aliphatic heterocycles. The molecule has 1 aliphatic rings. The van der Waals surface area contributed by atoms with Gasteiger partial charge in [0.2, 0.25) is 0 Å². The first-order valence-electron chi connectivity index (χ1n) is 6.76. The van der Waals surface area contributed by atoms with Crippen LogP contribution >= 0.6 is 15.9 Å². The molecular weight excluding hydrogens is 344 g/mol. The lowest BCUT2D eigenvalue weighted by molar-refractivity contribution is -0.117. The second kappa shape index (κ2) is 6.19. The minimum absolute atomic E-state index is 0.190. The van der Waals surface area contributed by atoms with Crippen molar-refractivity contribution in [3.05, 3.63) is 59.1 Å². The number of para-hydroxylation sites is 1. The molecule has 1 amide bonds. The number of amides is 1. The number of hydrazone groups is 1. The molecule has 0 bridgehead atoms. The Labute approximate surface area is 136 Å². The third-order valence-corrected chi connectivity index (χ3v) is 3.74. The largest absolute Gasteiger partial charge is 0.280 e. The smallest absolute Gasteiger partial charge is 0.269 e. The molecule has 0 radical (unpaired) electrons. The highest BCUT2D eigenvalue weighted by molar-refractivity contribution is 9.10. The number of carbonyl (C=O) groups excluding carboxylic acids is 1. The first kappa shape index (κ1) is 14.6. The molecule has 110 valence electrons. The average Bonchev–Trinajstić information content (AvgIpc) is 2.82. The molecule has 5 nitrogen and oxygen atoms in total. The Morgan fingerprint density at radius 2 is 1.77 bits per heavy atom. The Morgan fingerprint density at radius 3 is 2.45 bits per heavy atom. The molecule has 1 atom stereocenters. The summed E-state index contributed by atoms with van der Waals surface area (Å²) in [5.41, 5.74) is 2.06. The first-order valence-corrected chi connectivity index (χ1v) is 7.55. The Bertz CT molecular complexity index is 741. The molecular formula is C16H13BrN4O. The Morgan fingerprint density at radius 1 is 1.09 bits per heavy atom. The van der Waals surface area contributed by atoms with E-state index in [1.807, 2.05) is 54.6 Å². The molecule has 0 unspecified atom stereocenters. The van der Waals surface area contributed by atoms with Gasteiger partial charge in [0.15, 0.2) is 6.04 Å². The van der Waals surface area contributed by atoms with Gasteiger partial charge < -0.3 is 0 Å². The van der Waals surface area contributed by atoms with E-state index in [1.165, 1.54) is 5.01 Å². The highest BCUT2D eigenvalue weighted by Gasteiger charge is 2.34. The van der Waals surface area contributed by atoms with E-state index in [0.717, 1.165) is 10.2 Å². The number of hydrogen-bond donors (Lipinski definition) is 0. The molecule has 0 spiro atoms. The van der Waals surface area contributed by atoms with E-state index >= 15 is 0 Å². The molecule has 3 rings (SSSR count). The Balaban J connectivity index is 1.80. The summed E-state index contributed by atoms with van der Waals surface area (Å²) >= 11 is 3.36. The fourth-order valence-corrected chi connectivity index (χ4v) is 2.34. The SMILES string of the molecule is CC1=NN(c2ccccc2)C(=O)[C@@H]1N=Nc1ccc(Br)cc1. The molecule has 0 saturated heterocycles. The highest BCUT2D eigenvalue weighted by atomic mass is 79.9. The van der Waals surface area contributed by atoms with Crippen molar-refractivity contribution in [2.75, 3.05) is 5.01 Å². The van der Waals surface area contributed by atoms with Gasteiger partial charge in [-0.25, -0.2) is 0 Å². The summed E-state index contributed by atoms with van der Waals surface area (Å²) in [5, 5.41) is 13.9. The summed E-state index contributed by atoms with van der Waals surface area (Å²) in [6.07, 6.45) is 0. The van der Waals surface area contributed by atoms with E-state index in [4.69, 9.17) is 0 Å². The van der Waals surface area contributed by atoms with Crippen LogP contribution in [0.1, 0.15) is 6.92 Å². The number of azo groups is 1. The van der Waals surface area contributed by atoms with Crippen molar-refractivity contribution in [3.8, 4) is 0 Å². The maximum Gasteiger partial charge on any atom is 0.280 e. The van der Waals surface area contributed by atoms with E-state index in [-0.39, 0.29) is 5.91 Å². The molecule has 2 aromatic rings. The molecule has 22 heavy (non-hydrogen) atoms. The van der Waals surface area contributed by atoms with Gasteiger partial charge in [0.25, 0.3) is 5.91 Å². The summed E-state index contributed by atoms with van der Waals surface area (Å²) in [7, 11) is 0. The standard InChI is InChI=1S/C16H13BrN4O/c1-11-15(19-18-13-9-7-12(17)8-10-13)16(22)21(20-11)14-5-3-2-4-6-14/h2-10,15H,1H3/t15-/m1/s1. The summed E-state index contributed by atoms with van der Waals surface area (Å²) < 4.78 is 0.969. The van der Waals surface area contributed by atoms with Gasteiger partial charge in [-0.05, 0) is 43.3 Å². The summed E-state index contributed by atoms with van der Waals surface area (Å²) in [5.74, 6) is -0.190. The molecule has 6 heteroatoms.